The van der Waals surface area contributed by atoms with Crippen LogP contribution in [0.3, 0.4) is 0 Å². The summed E-state index contributed by atoms with van der Waals surface area (Å²) in [6, 6.07) is 7.73. The zero-order valence-corrected chi connectivity index (χ0v) is 12.6. The van der Waals surface area contributed by atoms with Crippen molar-refractivity contribution < 1.29 is 9.84 Å². The lowest BCUT2D eigenvalue weighted by atomic mass is 10.1. The number of benzene rings is 1. The van der Waals surface area contributed by atoms with E-state index in [1.165, 1.54) is 0 Å². The van der Waals surface area contributed by atoms with Crippen molar-refractivity contribution in [2.24, 2.45) is 0 Å². The number of hydrogen-bond acceptors (Lipinski definition) is 5. The Labute approximate surface area is 126 Å². The molecular formula is C15H17N3O2S. The molecule has 3 rings (SSSR count). The summed E-state index contributed by atoms with van der Waals surface area (Å²) in [4.78, 5) is 5.45. The second-order valence-electron chi connectivity index (χ2n) is 4.67. The maximum absolute atomic E-state index is 8.93. The predicted molar refractivity (Wildman–Crippen MR) is 83.1 cm³/mol. The van der Waals surface area contributed by atoms with Crippen LogP contribution in [0.15, 0.2) is 35.8 Å². The van der Waals surface area contributed by atoms with Gasteiger partial charge in [0, 0.05) is 24.7 Å². The maximum Gasteiger partial charge on any atom is 0.243 e. The number of aliphatic hydroxyl groups is 1. The first-order valence-corrected chi connectivity index (χ1v) is 7.66. The number of fused-ring (bicyclic) bond motifs is 1. The smallest absolute Gasteiger partial charge is 0.243 e. The van der Waals surface area contributed by atoms with E-state index in [2.05, 4.69) is 10.3 Å². The van der Waals surface area contributed by atoms with Crippen LogP contribution in [0.1, 0.15) is 11.3 Å². The van der Waals surface area contributed by atoms with Gasteiger partial charge in [0.05, 0.1) is 0 Å². The molecule has 21 heavy (non-hydrogen) atoms. The van der Waals surface area contributed by atoms with Gasteiger partial charge < -0.3 is 15.2 Å². The molecule has 110 valence electrons. The average Bonchev–Trinajstić information content (AvgIpc) is 3.05. The van der Waals surface area contributed by atoms with Crippen LogP contribution in [-0.4, -0.2) is 28.1 Å². The Morgan fingerprint density at radius 1 is 1.33 bits per heavy atom. The number of aliphatic hydroxyl groups excluding tert-OH is 1. The molecule has 0 aliphatic rings. The molecule has 0 bridgehead atoms. The Bertz CT molecular complexity index is 718. The molecule has 0 atom stereocenters. The number of ether oxygens (including phenoxy) is 1. The van der Waals surface area contributed by atoms with Gasteiger partial charge in [-0.15, -0.1) is 11.3 Å². The fourth-order valence-electron chi connectivity index (χ4n) is 2.19. The molecule has 2 heterocycles. The number of hydrogen-bond donors (Lipinski definition) is 2. The SMILES string of the molecule is CNCc1c(Oc2ccc(CCO)cc2)nc2sccn12. The lowest BCUT2D eigenvalue weighted by Gasteiger charge is -2.06. The molecule has 0 saturated heterocycles. The van der Waals surface area contributed by atoms with Crippen molar-refractivity contribution in [3.8, 4) is 11.6 Å². The third-order valence-electron chi connectivity index (χ3n) is 3.21. The van der Waals surface area contributed by atoms with Crippen LogP contribution in [0.4, 0.5) is 0 Å². The Balaban J connectivity index is 1.86. The number of thiazole rings is 1. The van der Waals surface area contributed by atoms with Gasteiger partial charge in [-0.2, -0.15) is 4.98 Å². The van der Waals surface area contributed by atoms with Gasteiger partial charge in [0.25, 0.3) is 0 Å². The van der Waals surface area contributed by atoms with Crippen molar-refractivity contribution in [3.05, 3.63) is 47.1 Å². The highest BCUT2D eigenvalue weighted by Crippen LogP contribution is 2.28. The largest absolute Gasteiger partial charge is 0.437 e. The minimum atomic E-state index is 0.157. The van der Waals surface area contributed by atoms with Crippen LogP contribution in [-0.2, 0) is 13.0 Å². The summed E-state index contributed by atoms with van der Waals surface area (Å²) in [5.41, 5.74) is 2.10. The molecule has 0 fully saturated rings. The molecule has 5 nitrogen and oxygen atoms in total. The summed E-state index contributed by atoms with van der Waals surface area (Å²) in [7, 11) is 1.90. The molecule has 0 radical (unpaired) electrons. The minimum absolute atomic E-state index is 0.157. The zero-order valence-electron chi connectivity index (χ0n) is 11.7. The summed E-state index contributed by atoms with van der Waals surface area (Å²) >= 11 is 1.58. The Morgan fingerprint density at radius 3 is 2.86 bits per heavy atom. The van der Waals surface area contributed by atoms with Gasteiger partial charge in [0.1, 0.15) is 11.4 Å². The standard InChI is InChI=1S/C15H17N3O2S/c1-16-10-13-14(17-15-18(13)7-9-21-15)20-12-4-2-11(3-5-12)6-8-19/h2-5,7,9,16,19H,6,8,10H2,1H3. The predicted octanol–water partition coefficient (Wildman–Crippen LogP) is 2.44. The van der Waals surface area contributed by atoms with E-state index in [0.717, 1.165) is 22.0 Å². The molecule has 3 aromatic rings. The highest BCUT2D eigenvalue weighted by Gasteiger charge is 2.14. The average molecular weight is 303 g/mol. The fourth-order valence-corrected chi connectivity index (χ4v) is 2.91. The van der Waals surface area contributed by atoms with Gasteiger partial charge in [-0.1, -0.05) is 12.1 Å². The van der Waals surface area contributed by atoms with Gasteiger partial charge in [-0.05, 0) is 31.2 Å². The number of rotatable bonds is 6. The van der Waals surface area contributed by atoms with Crippen molar-refractivity contribution >= 4 is 16.3 Å². The van der Waals surface area contributed by atoms with Crippen LogP contribution in [0.2, 0.25) is 0 Å². The normalized spacial score (nSPS) is 11.1. The third kappa shape index (κ3) is 2.92. The first-order chi connectivity index (χ1) is 10.3. The summed E-state index contributed by atoms with van der Waals surface area (Å²) < 4.78 is 7.95. The van der Waals surface area contributed by atoms with Crippen molar-refractivity contribution in [2.45, 2.75) is 13.0 Å². The molecule has 0 unspecified atom stereocenters. The molecule has 0 aliphatic carbocycles. The van der Waals surface area contributed by atoms with E-state index < -0.39 is 0 Å². The van der Waals surface area contributed by atoms with Gasteiger partial charge in [0.2, 0.25) is 5.88 Å². The first-order valence-electron chi connectivity index (χ1n) is 6.78. The maximum atomic E-state index is 8.93. The topological polar surface area (TPSA) is 58.8 Å². The molecule has 0 saturated carbocycles. The van der Waals surface area contributed by atoms with Crippen LogP contribution < -0.4 is 10.1 Å². The van der Waals surface area contributed by atoms with E-state index in [0.29, 0.717) is 18.8 Å². The summed E-state index contributed by atoms with van der Waals surface area (Å²) in [6.07, 6.45) is 2.66. The van der Waals surface area contributed by atoms with E-state index in [1.54, 1.807) is 11.3 Å². The van der Waals surface area contributed by atoms with E-state index in [-0.39, 0.29) is 6.61 Å². The number of nitrogens with one attached hydrogen (secondary N) is 1. The number of imidazole rings is 1. The van der Waals surface area contributed by atoms with E-state index in [1.807, 2.05) is 47.3 Å². The highest BCUT2D eigenvalue weighted by molar-refractivity contribution is 7.15. The zero-order chi connectivity index (χ0) is 14.7. The van der Waals surface area contributed by atoms with Crippen LogP contribution in [0.5, 0.6) is 11.6 Å². The fraction of sp³-hybridized carbons (Fsp3) is 0.267. The number of aromatic nitrogens is 2. The van der Waals surface area contributed by atoms with Crippen LogP contribution >= 0.6 is 11.3 Å². The van der Waals surface area contributed by atoms with Crippen molar-refractivity contribution in [1.82, 2.24) is 14.7 Å². The lowest BCUT2D eigenvalue weighted by Crippen LogP contribution is -2.08. The summed E-state index contributed by atoms with van der Waals surface area (Å²) in [6.45, 7) is 0.847. The monoisotopic (exact) mass is 303 g/mol. The third-order valence-corrected chi connectivity index (χ3v) is 3.96. The van der Waals surface area contributed by atoms with Crippen molar-refractivity contribution in [2.75, 3.05) is 13.7 Å². The molecule has 0 aliphatic heterocycles. The summed E-state index contributed by atoms with van der Waals surface area (Å²) in [5.74, 6) is 1.38. The quantitative estimate of drug-likeness (QED) is 0.734. The molecule has 2 N–H and O–H groups in total. The van der Waals surface area contributed by atoms with Gasteiger partial charge in [-0.25, -0.2) is 0 Å². The molecule has 6 heteroatoms. The molecule has 0 spiro atoms. The molecule has 1 aromatic carbocycles. The second-order valence-corrected chi connectivity index (χ2v) is 5.54. The van der Waals surface area contributed by atoms with Crippen molar-refractivity contribution in [1.29, 1.82) is 0 Å². The van der Waals surface area contributed by atoms with Gasteiger partial charge in [-0.3, -0.25) is 4.40 Å². The van der Waals surface area contributed by atoms with E-state index in [4.69, 9.17) is 9.84 Å². The first kappa shape index (κ1) is 14.1. The van der Waals surface area contributed by atoms with Crippen LogP contribution in [0, 0.1) is 0 Å². The van der Waals surface area contributed by atoms with E-state index >= 15 is 0 Å². The Hall–Kier alpha value is -1.89. The Kier molecular flexibility index (Phi) is 4.19. The van der Waals surface area contributed by atoms with Gasteiger partial charge >= 0.3 is 0 Å². The Morgan fingerprint density at radius 2 is 2.14 bits per heavy atom. The highest BCUT2D eigenvalue weighted by atomic mass is 32.1. The van der Waals surface area contributed by atoms with Crippen molar-refractivity contribution in [3.63, 3.8) is 0 Å². The lowest BCUT2D eigenvalue weighted by molar-refractivity contribution is 0.299. The molecule has 2 aromatic heterocycles. The van der Waals surface area contributed by atoms with Crippen LogP contribution in [0.25, 0.3) is 4.96 Å². The number of nitrogens with zero attached hydrogens (tertiary/aromatic N) is 2. The minimum Gasteiger partial charge on any atom is -0.437 e. The van der Waals surface area contributed by atoms with E-state index in [9.17, 15) is 0 Å². The summed E-state index contributed by atoms with van der Waals surface area (Å²) in [5, 5.41) is 14.1. The van der Waals surface area contributed by atoms with Gasteiger partial charge in [0.15, 0.2) is 4.96 Å². The molecule has 0 amide bonds. The second kappa shape index (κ2) is 6.26. The molecular weight excluding hydrogens is 286 g/mol.